The van der Waals surface area contributed by atoms with Crippen LogP contribution in [0.25, 0.3) is 0 Å². The van der Waals surface area contributed by atoms with E-state index in [4.69, 9.17) is 5.73 Å². The van der Waals surface area contributed by atoms with E-state index in [1.54, 1.807) is 0 Å². The smallest absolute Gasteiger partial charge is 0.121 e. The predicted molar refractivity (Wildman–Crippen MR) is 22.2 cm³/mol. The van der Waals surface area contributed by atoms with Gasteiger partial charge in [0.15, 0.2) is 0 Å². The first-order valence-electron chi connectivity index (χ1n) is 1.48. The van der Waals surface area contributed by atoms with Gasteiger partial charge in [-0.25, -0.2) is 0 Å². The Kier molecular flexibility index (Phi) is 1.44. The maximum absolute atomic E-state index is 11.4. The third kappa shape index (κ3) is 1.58. The zero-order chi connectivity index (χ0) is 5.15. The van der Waals surface area contributed by atoms with Gasteiger partial charge in [-0.15, -0.1) is 0 Å². The van der Waals surface area contributed by atoms with Crippen LogP contribution in [0.3, 0.4) is 0 Å². The van der Waals surface area contributed by atoms with Crippen LogP contribution in [0, 0.1) is 0 Å². The van der Waals surface area contributed by atoms with Crippen molar-refractivity contribution in [1.82, 2.24) is 5.12 Å². The molecule has 0 aliphatic carbocycles. The van der Waals surface area contributed by atoms with Crippen molar-refractivity contribution in [1.29, 1.82) is 0 Å². The molecular formula is C3H7FN2. The predicted octanol–water partition coefficient (Wildman–Crippen LogP) is 0.233. The minimum Gasteiger partial charge on any atom is -0.384 e. The van der Waals surface area contributed by atoms with E-state index in [1.807, 2.05) is 0 Å². The van der Waals surface area contributed by atoms with Crippen molar-refractivity contribution in [3.8, 4) is 0 Å². The van der Waals surface area contributed by atoms with Gasteiger partial charge >= 0.3 is 0 Å². The van der Waals surface area contributed by atoms with Gasteiger partial charge in [-0.05, 0) is 0 Å². The lowest BCUT2D eigenvalue weighted by Gasteiger charge is -2.01. The van der Waals surface area contributed by atoms with Crippen molar-refractivity contribution < 1.29 is 4.48 Å². The summed E-state index contributed by atoms with van der Waals surface area (Å²) in [5.74, 6) is -0.0741. The van der Waals surface area contributed by atoms with Gasteiger partial charge in [-0.2, -0.15) is 5.12 Å². The van der Waals surface area contributed by atoms with E-state index >= 15 is 0 Å². The first-order valence-corrected chi connectivity index (χ1v) is 1.48. The molecule has 0 saturated carbocycles. The quantitative estimate of drug-likeness (QED) is 0.467. The molecule has 0 aliphatic rings. The number of hydrogen-bond acceptors (Lipinski definition) is 2. The second kappa shape index (κ2) is 1.64. The van der Waals surface area contributed by atoms with Crippen LogP contribution in [-0.4, -0.2) is 12.2 Å². The van der Waals surface area contributed by atoms with Crippen molar-refractivity contribution in [3.05, 3.63) is 12.4 Å². The lowest BCUT2D eigenvalue weighted by molar-refractivity contribution is 0.107. The molecule has 2 nitrogen and oxygen atoms in total. The van der Waals surface area contributed by atoms with E-state index in [0.29, 0.717) is 0 Å². The van der Waals surface area contributed by atoms with Crippen LogP contribution in [0.4, 0.5) is 4.48 Å². The summed E-state index contributed by atoms with van der Waals surface area (Å²) in [6, 6.07) is 0. The van der Waals surface area contributed by atoms with Gasteiger partial charge in [0, 0.05) is 7.05 Å². The van der Waals surface area contributed by atoms with Gasteiger partial charge in [-0.3, -0.25) is 0 Å². The van der Waals surface area contributed by atoms with Crippen LogP contribution in [0.2, 0.25) is 0 Å². The molecule has 0 aliphatic heterocycles. The minimum absolute atomic E-state index is 0.0741. The molecular weight excluding hydrogens is 83.0 g/mol. The molecule has 3 heteroatoms. The van der Waals surface area contributed by atoms with Crippen molar-refractivity contribution in [2.24, 2.45) is 5.73 Å². The molecule has 0 spiro atoms. The number of halogens is 1. The fourth-order valence-corrected chi connectivity index (χ4v) is 0. The summed E-state index contributed by atoms with van der Waals surface area (Å²) in [7, 11) is 1.18. The normalized spacial score (nSPS) is 7.67. The Morgan fingerprint density at radius 1 is 2.00 bits per heavy atom. The fraction of sp³-hybridized carbons (Fsp3) is 0.333. The average molecular weight is 90.1 g/mol. The van der Waals surface area contributed by atoms with Crippen LogP contribution in [-0.2, 0) is 0 Å². The Hall–Kier alpha value is -0.730. The minimum atomic E-state index is -0.0741. The van der Waals surface area contributed by atoms with E-state index in [0.717, 1.165) is 0 Å². The summed E-state index contributed by atoms with van der Waals surface area (Å²) in [5, 5.41) is 0.250. The van der Waals surface area contributed by atoms with Gasteiger partial charge in [0.1, 0.15) is 5.82 Å². The van der Waals surface area contributed by atoms with Gasteiger partial charge < -0.3 is 5.73 Å². The average Bonchev–Trinajstić information content (AvgIpc) is 1.36. The number of hydrogen-bond donors (Lipinski definition) is 1. The fourth-order valence-electron chi connectivity index (χ4n) is 0. The molecule has 0 rings (SSSR count). The Morgan fingerprint density at radius 2 is 2.17 bits per heavy atom. The standard InChI is InChI=1S/C3H7FN2/c1-3(5)6(2)4/h1,5H2,2H3. The van der Waals surface area contributed by atoms with Gasteiger partial charge in [0.25, 0.3) is 0 Å². The summed E-state index contributed by atoms with van der Waals surface area (Å²) >= 11 is 0. The zero-order valence-electron chi connectivity index (χ0n) is 3.61. The lowest BCUT2D eigenvalue weighted by Crippen LogP contribution is -2.11. The third-order valence-corrected chi connectivity index (χ3v) is 0.396. The summed E-state index contributed by atoms with van der Waals surface area (Å²) in [4.78, 5) is 0. The number of nitrogens with two attached hydrogens (primary N) is 1. The number of nitrogens with zero attached hydrogens (tertiary/aromatic N) is 1. The van der Waals surface area contributed by atoms with Crippen LogP contribution < -0.4 is 5.73 Å². The Bertz CT molecular complexity index is 59.8. The lowest BCUT2D eigenvalue weighted by atomic mass is 10.8. The third-order valence-electron chi connectivity index (χ3n) is 0.396. The van der Waals surface area contributed by atoms with E-state index in [-0.39, 0.29) is 10.9 Å². The van der Waals surface area contributed by atoms with Crippen LogP contribution >= 0.6 is 0 Å². The van der Waals surface area contributed by atoms with Gasteiger partial charge in [-0.1, -0.05) is 11.1 Å². The zero-order valence-corrected chi connectivity index (χ0v) is 3.61. The Labute approximate surface area is 36.0 Å². The largest absolute Gasteiger partial charge is 0.384 e. The maximum atomic E-state index is 11.4. The molecule has 0 bridgehead atoms. The topological polar surface area (TPSA) is 29.3 Å². The summed E-state index contributed by atoms with van der Waals surface area (Å²) in [6.07, 6.45) is 0. The highest BCUT2D eigenvalue weighted by molar-refractivity contribution is 4.77. The Balaban J connectivity index is 3.26. The summed E-state index contributed by atoms with van der Waals surface area (Å²) < 4.78 is 11.4. The first kappa shape index (κ1) is 5.27. The molecule has 0 radical (unpaired) electrons. The van der Waals surface area contributed by atoms with Crippen LogP contribution in [0.5, 0.6) is 0 Å². The molecule has 36 valence electrons. The highest BCUT2D eigenvalue weighted by Crippen LogP contribution is 1.84. The SMILES string of the molecule is C=C(N)N(C)F. The Morgan fingerprint density at radius 3 is 2.17 bits per heavy atom. The second-order valence-electron chi connectivity index (χ2n) is 0.968. The van der Waals surface area contributed by atoms with E-state index in [1.165, 1.54) is 7.05 Å². The van der Waals surface area contributed by atoms with Crippen LogP contribution in [0.1, 0.15) is 0 Å². The van der Waals surface area contributed by atoms with Gasteiger partial charge in [0.05, 0.1) is 0 Å². The molecule has 0 amide bonds. The van der Waals surface area contributed by atoms with Crippen molar-refractivity contribution in [2.45, 2.75) is 0 Å². The summed E-state index contributed by atoms with van der Waals surface area (Å²) in [6.45, 7) is 3.08. The molecule has 0 saturated heterocycles. The molecule has 6 heavy (non-hydrogen) atoms. The molecule has 0 aromatic heterocycles. The number of rotatable bonds is 1. The monoisotopic (exact) mass is 90.1 g/mol. The molecule has 0 atom stereocenters. The van der Waals surface area contributed by atoms with Crippen LogP contribution in [0.15, 0.2) is 12.4 Å². The molecule has 0 fully saturated rings. The van der Waals surface area contributed by atoms with E-state index in [2.05, 4.69) is 6.58 Å². The second-order valence-corrected chi connectivity index (χ2v) is 0.968. The first-order chi connectivity index (χ1) is 2.64. The summed E-state index contributed by atoms with van der Waals surface area (Å²) in [5.41, 5.74) is 4.79. The molecule has 0 heterocycles. The van der Waals surface area contributed by atoms with Crippen molar-refractivity contribution in [2.75, 3.05) is 7.05 Å². The molecule has 0 aromatic carbocycles. The highest BCUT2D eigenvalue weighted by atomic mass is 19.2. The van der Waals surface area contributed by atoms with E-state index in [9.17, 15) is 4.48 Å². The van der Waals surface area contributed by atoms with Gasteiger partial charge in [0.2, 0.25) is 0 Å². The molecule has 0 unspecified atom stereocenters. The molecule has 0 aromatic rings. The van der Waals surface area contributed by atoms with Crippen molar-refractivity contribution >= 4 is 0 Å². The van der Waals surface area contributed by atoms with E-state index < -0.39 is 0 Å². The highest BCUT2D eigenvalue weighted by Gasteiger charge is 1.85. The maximum Gasteiger partial charge on any atom is 0.121 e. The van der Waals surface area contributed by atoms with Crippen molar-refractivity contribution in [3.63, 3.8) is 0 Å². The molecule has 2 N–H and O–H groups in total.